The molecule has 6 heteroatoms. The van der Waals surface area contributed by atoms with E-state index in [2.05, 4.69) is 16.0 Å². The van der Waals surface area contributed by atoms with Gasteiger partial charge in [0.15, 0.2) is 0 Å². The van der Waals surface area contributed by atoms with Gasteiger partial charge in [-0.2, -0.15) is 0 Å². The van der Waals surface area contributed by atoms with Gasteiger partial charge >= 0.3 is 5.97 Å². The Bertz CT molecular complexity index is 636. The van der Waals surface area contributed by atoms with Crippen LogP contribution < -0.4 is 16.0 Å². The lowest BCUT2D eigenvalue weighted by Crippen LogP contribution is -2.12. The maximum absolute atomic E-state index is 11.5. The Labute approximate surface area is 123 Å². The maximum Gasteiger partial charge on any atom is 0.337 e. The molecule has 0 radical (unpaired) electrons. The zero-order valence-corrected chi connectivity index (χ0v) is 12.4. The lowest BCUT2D eigenvalue weighted by molar-refractivity contribution is 0.0698. The Morgan fingerprint density at radius 1 is 1.05 bits per heavy atom. The van der Waals surface area contributed by atoms with Crippen molar-refractivity contribution < 1.29 is 9.90 Å². The van der Waals surface area contributed by atoms with Gasteiger partial charge in [0, 0.05) is 40.1 Å². The largest absolute Gasteiger partial charge is 0.478 e. The summed E-state index contributed by atoms with van der Waals surface area (Å²) in [5.74, 6) is -0.952. The normalized spacial score (nSPS) is 10.2. The molecule has 112 valence electrons. The first-order valence-corrected chi connectivity index (χ1v) is 6.69. The van der Waals surface area contributed by atoms with E-state index in [1.54, 1.807) is 20.2 Å². The van der Waals surface area contributed by atoms with Gasteiger partial charge < -0.3 is 25.6 Å². The Hall–Kier alpha value is -2.63. The van der Waals surface area contributed by atoms with Crippen molar-refractivity contribution in [3.63, 3.8) is 0 Å². The van der Waals surface area contributed by atoms with Crippen LogP contribution in [0.4, 0.5) is 17.1 Å². The van der Waals surface area contributed by atoms with E-state index in [9.17, 15) is 9.90 Å². The molecule has 1 heterocycles. The lowest BCUT2D eigenvalue weighted by atomic mass is 10.0. The van der Waals surface area contributed by atoms with Crippen molar-refractivity contribution in [3.8, 4) is 0 Å². The molecule has 1 aromatic heterocycles. The molecule has 0 amide bonds. The van der Waals surface area contributed by atoms with Crippen molar-refractivity contribution in [2.75, 3.05) is 37.1 Å². The number of carboxylic acid groups (broad SMARTS) is 1. The molecular weight excluding hydrogens is 268 g/mol. The molecule has 0 aliphatic carbocycles. The quantitative estimate of drug-likeness (QED) is 0.656. The fourth-order valence-corrected chi connectivity index (χ4v) is 2.50. The third kappa shape index (κ3) is 2.79. The van der Waals surface area contributed by atoms with Crippen LogP contribution in [0.25, 0.3) is 0 Å². The summed E-state index contributed by atoms with van der Waals surface area (Å²) >= 11 is 0. The molecule has 21 heavy (non-hydrogen) atoms. The number of nitrogens with zero attached hydrogens (tertiary/aromatic N) is 1. The second kappa shape index (κ2) is 6.21. The predicted octanol–water partition coefficient (Wildman–Crippen LogP) is 2.36. The number of benzene rings is 1. The number of anilines is 3. The number of aromatic carboxylic acids is 1. The highest BCUT2D eigenvalue weighted by Crippen LogP contribution is 2.37. The minimum absolute atomic E-state index is 0.253. The average molecular weight is 288 g/mol. The van der Waals surface area contributed by atoms with Crippen LogP contribution in [-0.4, -0.2) is 36.8 Å². The Kier molecular flexibility index (Phi) is 4.37. The summed E-state index contributed by atoms with van der Waals surface area (Å²) in [6.07, 6.45) is 3.90. The van der Waals surface area contributed by atoms with E-state index in [-0.39, 0.29) is 5.56 Å². The smallest absolute Gasteiger partial charge is 0.337 e. The van der Waals surface area contributed by atoms with E-state index in [4.69, 9.17) is 0 Å². The maximum atomic E-state index is 11.5. The van der Waals surface area contributed by atoms with Gasteiger partial charge in [0.1, 0.15) is 0 Å². The highest BCUT2D eigenvalue weighted by atomic mass is 16.4. The highest BCUT2D eigenvalue weighted by molar-refractivity contribution is 6.02. The van der Waals surface area contributed by atoms with Gasteiger partial charge in [0.05, 0.1) is 22.6 Å². The molecule has 1 aromatic carbocycles. The first-order chi connectivity index (χ1) is 10.1. The number of carboxylic acids is 1. The molecule has 2 aromatic rings. The molecule has 0 unspecified atom stereocenters. The van der Waals surface area contributed by atoms with Gasteiger partial charge in [-0.05, 0) is 23.8 Å². The van der Waals surface area contributed by atoms with Gasteiger partial charge in [-0.25, -0.2) is 4.79 Å². The average Bonchev–Trinajstić information content (AvgIpc) is 2.98. The van der Waals surface area contributed by atoms with E-state index in [0.29, 0.717) is 12.2 Å². The summed E-state index contributed by atoms with van der Waals surface area (Å²) in [5, 5.41) is 18.6. The summed E-state index contributed by atoms with van der Waals surface area (Å²) in [4.78, 5) is 11.5. The number of hydrogen-bond donors (Lipinski definition) is 4. The SMILES string of the molecule is CNc1c(Cn2cccc2)cc(C(=O)O)c(NC)c1NC. The zero-order chi connectivity index (χ0) is 15.4. The van der Waals surface area contributed by atoms with Gasteiger partial charge in [-0.1, -0.05) is 0 Å². The van der Waals surface area contributed by atoms with Crippen LogP contribution in [0.15, 0.2) is 30.6 Å². The zero-order valence-electron chi connectivity index (χ0n) is 12.4. The molecule has 0 fully saturated rings. The van der Waals surface area contributed by atoms with E-state index in [1.165, 1.54) is 0 Å². The molecule has 0 saturated carbocycles. The Morgan fingerprint density at radius 2 is 1.62 bits per heavy atom. The van der Waals surface area contributed by atoms with Gasteiger partial charge in [-0.3, -0.25) is 0 Å². The lowest BCUT2D eigenvalue weighted by Gasteiger charge is -2.20. The first-order valence-electron chi connectivity index (χ1n) is 6.69. The van der Waals surface area contributed by atoms with Gasteiger partial charge in [0.2, 0.25) is 0 Å². The molecule has 0 aliphatic rings. The molecule has 4 N–H and O–H groups in total. The molecule has 0 saturated heterocycles. The topological polar surface area (TPSA) is 78.3 Å². The monoisotopic (exact) mass is 288 g/mol. The van der Waals surface area contributed by atoms with Crippen LogP contribution >= 0.6 is 0 Å². The number of carbonyl (C=O) groups is 1. The van der Waals surface area contributed by atoms with Crippen molar-refractivity contribution in [1.82, 2.24) is 4.57 Å². The summed E-state index contributed by atoms with van der Waals surface area (Å²) in [6, 6.07) is 5.59. The first kappa shape index (κ1) is 14.8. The molecular formula is C15H20N4O2. The third-order valence-electron chi connectivity index (χ3n) is 3.41. The Balaban J connectivity index is 2.62. The minimum atomic E-state index is -0.952. The predicted molar refractivity (Wildman–Crippen MR) is 85.6 cm³/mol. The van der Waals surface area contributed by atoms with E-state index < -0.39 is 5.97 Å². The van der Waals surface area contributed by atoms with Crippen molar-refractivity contribution in [1.29, 1.82) is 0 Å². The van der Waals surface area contributed by atoms with Crippen molar-refractivity contribution in [2.45, 2.75) is 6.54 Å². The van der Waals surface area contributed by atoms with E-state index in [1.807, 2.05) is 36.1 Å². The second-order valence-electron chi connectivity index (χ2n) is 4.62. The molecule has 0 aliphatic heterocycles. The van der Waals surface area contributed by atoms with Crippen molar-refractivity contribution in [3.05, 3.63) is 41.7 Å². The number of aromatic nitrogens is 1. The summed E-state index contributed by atoms with van der Waals surface area (Å²) < 4.78 is 2.00. The van der Waals surface area contributed by atoms with Crippen molar-refractivity contribution >= 4 is 23.0 Å². The fourth-order valence-electron chi connectivity index (χ4n) is 2.50. The molecule has 0 atom stereocenters. The minimum Gasteiger partial charge on any atom is -0.478 e. The van der Waals surface area contributed by atoms with Crippen molar-refractivity contribution in [2.24, 2.45) is 0 Å². The van der Waals surface area contributed by atoms with Crippen LogP contribution in [0.2, 0.25) is 0 Å². The van der Waals surface area contributed by atoms with Gasteiger partial charge in [-0.15, -0.1) is 0 Å². The number of rotatable bonds is 6. The second-order valence-corrected chi connectivity index (χ2v) is 4.62. The van der Waals surface area contributed by atoms with E-state index >= 15 is 0 Å². The molecule has 0 bridgehead atoms. The third-order valence-corrected chi connectivity index (χ3v) is 3.41. The molecule has 6 nitrogen and oxygen atoms in total. The highest BCUT2D eigenvalue weighted by Gasteiger charge is 2.19. The van der Waals surface area contributed by atoms with Crippen LogP contribution in [-0.2, 0) is 6.54 Å². The fraction of sp³-hybridized carbons (Fsp3) is 0.267. The standard InChI is InChI=1S/C15H20N4O2/c1-16-12-10(9-19-6-4-5-7-19)8-11(15(20)21)13(17-2)14(12)18-3/h4-8,16-18H,9H2,1-3H3,(H,20,21). The summed E-state index contributed by atoms with van der Waals surface area (Å²) in [5.41, 5.74) is 3.38. The van der Waals surface area contributed by atoms with E-state index in [0.717, 1.165) is 16.9 Å². The number of nitrogens with one attached hydrogen (secondary N) is 3. The van der Waals surface area contributed by atoms with Crippen LogP contribution in [0.5, 0.6) is 0 Å². The van der Waals surface area contributed by atoms with Crippen LogP contribution in [0.1, 0.15) is 15.9 Å². The Morgan fingerprint density at radius 3 is 2.10 bits per heavy atom. The van der Waals surface area contributed by atoms with Crippen LogP contribution in [0, 0.1) is 0 Å². The summed E-state index contributed by atoms with van der Waals surface area (Å²) in [7, 11) is 5.32. The summed E-state index contributed by atoms with van der Waals surface area (Å²) in [6.45, 7) is 0.599. The number of hydrogen-bond acceptors (Lipinski definition) is 4. The molecule has 2 rings (SSSR count). The molecule has 0 spiro atoms. The van der Waals surface area contributed by atoms with Crippen LogP contribution in [0.3, 0.4) is 0 Å². The van der Waals surface area contributed by atoms with Gasteiger partial charge in [0.25, 0.3) is 0 Å².